The van der Waals surface area contributed by atoms with Crippen molar-refractivity contribution in [3.8, 4) is 5.75 Å². The van der Waals surface area contributed by atoms with Gasteiger partial charge in [0.05, 0.1) is 5.88 Å². The zero-order valence-electron chi connectivity index (χ0n) is 11.2. The third kappa shape index (κ3) is 3.45. The number of ether oxygens (including phenoxy) is 1. The second-order valence-corrected chi connectivity index (χ2v) is 5.51. The number of aryl methyl sites for hydroxylation is 1. The number of hydrogen-bond acceptors (Lipinski definition) is 4. The van der Waals surface area contributed by atoms with Gasteiger partial charge in [-0.2, -0.15) is 0 Å². The molecule has 1 unspecified atom stereocenters. The van der Waals surface area contributed by atoms with E-state index in [0.29, 0.717) is 17.4 Å². The van der Waals surface area contributed by atoms with Crippen LogP contribution in [0.4, 0.5) is 0 Å². The van der Waals surface area contributed by atoms with Crippen molar-refractivity contribution in [3.05, 3.63) is 29.8 Å². The summed E-state index contributed by atoms with van der Waals surface area (Å²) >= 11 is 1.44. The van der Waals surface area contributed by atoms with Crippen LogP contribution in [0.25, 0.3) is 0 Å². The molecule has 6 heteroatoms. The van der Waals surface area contributed by atoms with Crippen LogP contribution in [0.5, 0.6) is 5.75 Å². The Kier molecular flexibility index (Phi) is 4.89. The molecule has 0 aliphatic carbocycles. The van der Waals surface area contributed by atoms with E-state index >= 15 is 0 Å². The number of amides is 1. The van der Waals surface area contributed by atoms with E-state index < -0.39 is 12.0 Å². The maximum atomic E-state index is 12.0. The standard InChI is InChI=1S/C14H17NO4S/c1-2-10-4-3-5-11(6-10)19-7-13(16)15-9-20-8-12(15)14(17)18/h3-6,12H,2,7-9H2,1H3,(H,17,18). The molecule has 108 valence electrons. The van der Waals surface area contributed by atoms with Crippen molar-refractivity contribution in [2.75, 3.05) is 18.2 Å². The highest BCUT2D eigenvalue weighted by Crippen LogP contribution is 2.21. The lowest BCUT2D eigenvalue weighted by Gasteiger charge is -2.20. The summed E-state index contributed by atoms with van der Waals surface area (Å²) < 4.78 is 5.46. The van der Waals surface area contributed by atoms with E-state index in [2.05, 4.69) is 0 Å². The maximum absolute atomic E-state index is 12.0. The first-order valence-electron chi connectivity index (χ1n) is 6.43. The molecular weight excluding hydrogens is 278 g/mol. The fourth-order valence-electron chi connectivity index (χ4n) is 1.98. The predicted molar refractivity (Wildman–Crippen MR) is 76.9 cm³/mol. The van der Waals surface area contributed by atoms with Crippen molar-refractivity contribution in [3.63, 3.8) is 0 Å². The zero-order chi connectivity index (χ0) is 14.5. The zero-order valence-corrected chi connectivity index (χ0v) is 12.1. The van der Waals surface area contributed by atoms with Gasteiger partial charge in [-0.3, -0.25) is 4.79 Å². The normalized spacial score (nSPS) is 18.1. The van der Waals surface area contributed by atoms with Crippen LogP contribution in [0.2, 0.25) is 0 Å². The van der Waals surface area contributed by atoms with Crippen molar-refractivity contribution < 1.29 is 19.4 Å². The molecule has 1 aromatic rings. The predicted octanol–water partition coefficient (Wildman–Crippen LogP) is 1.61. The number of benzene rings is 1. The van der Waals surface area contributed by atoms with Crippen molar-refractivity contribution in [2.45, 2.75) is 19.4 Å². The molecule has 1 aliphatic rings. The van der Waals surface area contributed by atoms with E-state index in [0.717, 1.165) is 12.0 Å². The largest absolute Gasteiger partial charge is 0.484 e. The minimum absolute atomic E-state index is 0.127. The van der Waals surface area contributed by atoms with Gasteiger partial charge in [-0.25, -0.2) is 4.79 Å². The van der Waals surface area contributed by atoms with Gasteiger partial charge in [-0.1, -0.05) is 19.1 Å². The lowest BCUT2D eigenvalue weighted by atomic mass is 10.2. The van der Waals surface area contributed by atoms with Crippen molar-refractivity contribution in [1.29, 1.82) is 0 Å². The number of nitrogens with zero attached hydrogens (tertiary/aromatic N) is 1. The summed E-state index contributed by atoms with van der Waals surface area (Å²) in [7, 11) is 0. The van der Waals surface area contributed by atoms with E-state index in [9.17, 15) is 9.59 Å². The number of carboxylic acids is 1. The molecule has 20 heavy (non-hydrogen) atoms. The van der Waals surface area contributed by atoms with Gasteiger partial charge in [0.25, 0.3) is 5.91 Å². The summed E-state index contributed by atoms with van der Waals surface area (Å²) in [5.41, 5.74) is 1.13. The average molecular weight is 295 g/mol. The van der Waals surface area contributed by atoms with Crippen LogP contribution in [0, 0.1) is 0 Å². The minimum Gasteiger partial charge on any atom is -0.484 e. The van der Waals surface area contributed by atoms with Gasteiger partial charge in [0, 0.05) is 5.75 Å². The number of carboxylic acid groups (broad SMARTS) is 1. The molecule has 5 nitrogen and oxygen atoms in total. The van der Waals surface area contributed by atoms with Crippen LogP contribution in [0.15, 0.2) is 24.3 Å². The second-order valence-electron chi connectivity index (χ2n) is 4.51. The molecule has 2 rings (SSSR count). The lowest BCUT2D eigenvalue weighted by Crippen LogP contribution is -2.43. The van der Waals surface area contributed by atoms with Gasteiger partial charge in [-0.05, 0) is 24.1 Å². The summed E-state index contributed by atoms with van der Waals surface area (Å²) in [5, 5.41) is 9.04. The van der Waals surface area contributed by atoms with Crippen LogP contribution >= 0.6 is 11.8 Å². The highest BCUT2D eigenvalue weighted by atomic mass is 32.2. The van der Waals surface area contributed by atoms with Gasteiger partial charge in [0.15, 0.2) is 6.61 Å². The van der Waals surface area contributed by atoms with E-state index in [1.165, 1.54) is 16.7 Å². The Morgan fingerprint density at radius 2 is 2.30 bits per heavy atom. The lowest BCUT2D eigenvalue weighted by molar-refractivity contribution is -0.148. The van der Waals surface area contributed by atoms with Crippen LogP contribution in [0.1, 0.15) is 12.5 Å². The number of thioether (sulfide) groups is 1. The monoisotopic (exact) mass is 295 g/mol. The van der Waals surface area contributed by atoms with Crippen LogP contribution in [0.3, 0.4) is 0 Å². The van der Waals surface area contributed by atoms with Crippen molar-refractivity contribution in [2.24, 2.45) is 0 Å². The van der Waals surface area contributed by atoms with E-state index in [1.807, 2.05) is 25.1 Å². The smallest absolute Gasteiger partial charge is 0.327 e. The number of rotatable bonds is 5. The Morgan fingerprint density at radius 1 is 1.50 bits per heavy atom. The molecule has 1 aliphatic heterocycles. The fraction of sp³-hybridized carbons (Fsp3) is 0.429. The van der Waals surface area contributed by atoms with Crippen LogP contribution < -0.4 is 4.74 Å². The number of carbonyl (C=O) groups excluding carboxylic acids is 1. The van der Waals surface area contributed by atoms with Gasteiger partial charge in [0.1, 0.15) is 11.8 Å². The average Bonchev–Trinajstić information content (AvgIpc) is 2.94. The summed E-state index contributed by atoms with van der Waals surface area (Å²) in [4.78, 5) is 24.4. The molecule has 1 N–H and O–H groups in total. The summed E-state index contributed by atoms with van der Waals surface area (Å²) in [5.74, 6) is 0.234. The highest BCUT2D eigenvalue weighted by molar-refractivity contribution is 7.99. The Hall–Kier alpha value is -1.69. The summed E-state index contributed by atoms with van der Waals surface area (Å²) in [6, 6.07) is 6.81. The molecule has 1 atom stereocenters. The summed E-state index contributed by atoms with van der Waals surface area (Å²) in [6.45, 7) is 1.92. The Labute approximate surface area is 121 Å². The van der Waals surface area contributed by atoms with E-state index in [-0.39, 0.29) is 12.5 Å². The van der Waals surface area contributed by atoms with Crippen molar-refractivity contribution in [1.82, 2.24) is 4.90 Å². The molecule has 1 amide bonds. The SMILES string of the molecule is CCc1cccc(OCC(=O)N2CSCC2C(=O)O)c1. The van der Waals surface area contributed by atoms with Crippen molar-refractivity contribution >= 4 is 23.6 Å². The molecule has 1 aromatic carbocycles. The first-order chi connectivity index (χ1) is 9.61. The maximum Gasteiger partial charge on any atom is 0.327 e. The molecule has 0 bridgehead atoms. The van der Waals surface area contributed by atoms with Gasteiger partial charge in [0.2, 0.25) is 0 Å². The molecule has 1 fully saturated rings. The topological polar surface area (TPSA) is 66.8 Å². The van der Waals surface area contributed by atoms with Gasteiger partial charge in [-0.15, -0.1) is 11.8 Å². The Bertz CT molecular complexity index is 506. The third-order valence-electron chi connectivity index (χ3n) is 3.16. The quantitative estimate of drug-likeness (QED) is 0.894. The van der Waals surface area contributed by atoms with Gasteiger partial charge < -0.3 is 14.7 Å². The highest BCUT2D eigenvalue weighted by Gasteiger charge is 2.34. The third-order valence-corrected chi connectivity index (χ3v) is 4.17. The number of hydrogen-bond donors (Lipinski definition) is 1. The van der Waals surface area contributed by atoms with E-state index in [4.69, 9.17) is 9.84 Å². The first-order valence-corrected chi connectivity index (χ1v) is 7.59. The molecule has 1 saturated heterocycles. The Balaban J connectivity index is 1.93. The molecule has 0 aromatic heterocycles. The molecule has 1 heterocycles. The van der Waals surface area contributed by atoms with Gasteiger partial charge >= 0.3 is 5.97 Å². The minimum atomic E-state index is -0.962. The molecule has 0 saturated carbocycles. The fourth-order valence-corrected chi connectivity index (χ4v) is 3.15. The Morgan fingerprint density at radius 3 is 3.00 bits per heavy atom. The second kappa shape index (κ2) is 6.65. The van der Waals surface area contributed by atoms with Crippen LogP contribution in [-0.4, -0.2) is 46.2 Å². The first kappa shape index (κ1) is 14.7. The van der Waals surface area contributed by atoms with E-state index in [1.54, 1.807) is 6.07 Å². The number of aliphatic carboxylic acids is 1. The molecule has 0 spiro atoms. The summed E-state index contributed by atoms with van der Waals surface area (Å²) in [6.07, 6.45) is 0.898. The molecule has 0 radical (unpaired) electrons. The number of carbonyl (C=O) groups is 2. The molecular formula is C14H17NO4S. The van der Waals surface area contributed by atoms with Crippen LogP contribution in [-0.2, 0) is 16.0 Å².